The second-order valence-corrected chi connectivity index (χ2v) is 13.7. The Kier molecular flexibility index (Phi) is 31.0. The molecule has 1 atom stereocenters. The highest BCUT2D eigenvalue weighted by Gasteiger charge is 2.40. The average Bonchev–Trinajstić information content (AvgIpc) is 3.52. The smallest absolute Gasteiger partial charge is 0.176 e. The van der Waals surface area contributed by atoms with Gasteiger partial charge in [-0.05, 0) is 92.5 Å². The summed E-state index contributed by atoms with van der Waals surface area (Å²) >= 11 is 0. The van der Waals surface area contributed by atoms with Gasteiger partial charge < -0.3 is 0 Å². The molecule has 56 heavy (non-hydrogen) atoms. The van der Waals surface area contributed by atoms with Gasteiger partial charge in [-0.3, -0.25) is 5.41 Å². The quantitative estimate of drug-likeness (QED) is 0.0887. The van der Waals surface area contributed by atoms with Crippen LogP contribution in [0.5, 0.6) is 0 Å². The Morgan fingerprint density at radius 2 is 1.46 bits per heavy atom. The predicted molar refractivity (Wildman–Crippen MR) is 260 cm³/mol. The lowest BCUT2D eigenvalue weighted by atomic mass is 9.42. The second-order valence-electron chi connectivity index (χ2n) is 13.7. The Balaban J connectivity index is 0. The van der Waals surface area contributed by atoms with Gasteiger partial charge in [0.05, 0.1) is 0 Å². The van der Waals surface area contributed by atoms with Gasteiger partial charge in [0.2, 0.25) is 0 Å². The van der Waals surface area contributed by atoms with E-state index < -0.39 is 0 Å². The molecule has 2 aliphatic rings. The maximum atomic E-state index is 8.44. The zero-order valence-corrected chi connectivity index (χ0v) is 37.6. The van der Waals surface area contributed by atoms with E-state index in [0.29, 0.717) is 18.0 Å². The molecule has 0 amide bonds. The van der Waals surface area contributed by atoms with Crippen LogP contribution >= 0.6 is 0 Å². The molecule has 0 spiro atoms. The number of amidine groups is 2. The minimum Gasteiger partial charge on any atom is -0.282 e. The van der Waals surface area contributed by atoms with Crippen molar-refractivity contribution in [3.8, 4) is 12.8 Å². The second kappa shape index (κ2) is 32.5. The molecule has 3 nitrogen and oxygen atoms in total. The van der Waals surface area contributed by atoms with Gasteiger partial charge in [0.1, 0.15) is 5.84 Å². The molecule has 0 radical (unpaired) electrons. The maximum absolute atomic E-state index is 8.44. The topological polar surface area (TPSA) is 48.6 Å². The van der Waals surface area contributed by atoms with E-state index in [4.69, 9.17) is 5.41 Å². The first-order valence-corrected chi connectivity index (χ1v) is 20.9. The van der Waals surface area contributed by atoms with Crippen molar-refractivity contribution in [3.63, 3.8) is 0 Å². The number of nitrogens with zero attached hydrogens (tertiary/aromatic N) is 2. The van der Waals surface area contributed by atoms with E-state index in [1.165, 1.54) is 59.6 Å². The lowest BCUT2D eigenvalue weighted by molar-refractivity contribution is 0.306. The SMILES string of the molecule is C#C.C/C=C(\C)c1ccccc1.C=CC.CC.CC.CC.CC(N=Cc1cccc(B2CC(C)C(C)(C)C2)c1)=NC(=N)c1ccc(/C2=C/C=C\CCCC2)cc1. The van der Waals surface area contributed by atoms with Crippen molar-refractivity contribution in [2.24, 2.45) is 21.3 Å². The number of terminal acetylenes is 1. The molecule has 0 bridgehead atoms. The Hall–Kier alpha value is -4.75. The first kappa shape index (κ1) is 53.4. The first-order chi connectivity index (χ1) is 27.1. The predicted octanol–water partition coefficient (Wildman–Crippen LogP) is 15.1. The van der Waals surface area contributed by atoms with E-state index in [1.807, 2.05) is 79.8 Å². The average molecular weight is 754 g/mol. The van der Waals surface area contributed by atoms with Gasteiger partial charge >= 0.3 is 0 Å². The fourth-order valence-corrected chi connectivity index (χ4v) is 6.13. The van der Waals surface area contributed by atoms with Crippen molar-refractivity contribution in [2.45, 2.75) is 128 Å². The van der Waals surface area contributed by atoms with Crippen LogP contribution < -0.4 is 5.46 Å². The number of nitrogens with one attached hydrogen (secondary N) is 1. The van der Waals surface area contributed by atoms with Gasteiger partial charge in [-0.15, -0.1) is 19.4 Å². The summed E-state index contributed by atoms with van der Waals surface area (Å²) in [4.78, 5) is 8.99. The lowest BCUT2D eigenvalue weighted by Crippen LogP contribution is -2.28. The van der Waals surface area contributed by atoms with Crippen molar-refractivity contribution in [1.29, 1.82) is 5.41 Å². The molecule has 1 N–H and O–H groups in total. The van der Waals surface area contributed by atoms with E-state index in [0.717, 1.165) is 23.5 Å². The monoisotopic (exact) mass is 754 g/mol. The summed E-state index contributed by atoms with van der Waals surface area (Å²) in [6.45, 7) is 31.1. The molecule has 3 aromatic carbocycles. The number of allylic oxidation sites excluding steroid dienone is 7. The minimum atomic E-state index is 0.244. The van der Waals surface area contributed by atoms with Crippen LogP contribution in [0.3, 0.4) is 0 Å². The Morgan fingerprint density at radius 1 is 0.857 bits per heavy atom. The van der Waals surface area contributed by atoms with Crippen LogP contribution in [0.4, 0.5) is 0 Å². The normalized spacial score (nSPS) is 17.0. The highest BCUT2D eigenvalue weighted by Crippen LogP contribution is 2.43. The molecule has 5 rings (SSSR count). The molecule has 0 aromatic heterocycles. The van der Waals surface area contributed by atoms with Crippen LogP contribution in [0.1, 0.15) is 138 Å². The summed E-state index contributed by atoms with van der Waals surface area (Å²) in [6, 6.07) is 27.3. The van der Waals surface area contributed by atoms with E-state index >= 15 is 0 Å². The largest absolute Gasteiger partial charge is 0.282 e. The third-order valence-corrected chi connectivity index (χ3v) is 9.49. The summed E-state index contributed by atoms with van der Waals surface area (Å²) in [6.07, 6.45) is 27.6. The van der Waals surface area contributed by atoms with Crippen molar-refractivity contribution < 1.29 is 0 Å². The fraction of sp³-hybridized carbons (Fsp3) is 0.404. The number of hydrogen-bond acceptors (Lipinski definition) is 1. The van der Waals surface area contributed by atoms with Gasteiger partial charge in [-0.25, -0.2) is 9.98 Å². The molecule has 1 aliphatic carbocycles. The molecule has 1 unspecified atom stereocenters. The molecule has 1 heterocycles. The highest BCUT2D eigenvalue weighted by molar-refractivity contribution is 6.74. The maximum Gasteiger partial charge on any atom is 0.176 e. The van der Waals surface area contributed by atoms with E-state index in [9.17, 15) is 0 Å². The van der Waals surface area contributed by atoms with E-state index in [-0.39, 0.29) is 5.84 Å². The highest BCUT2D eigenvalue weighted by atomic mass is 14.9. The first-order valence-electron chi connectivity index (χ1n) is 20.9. The summed E-state index contributed by atoms with van der Waals surface area (Å²) in [5.74, 6) is 1.58. The molecule has 302 valence electrons. The fourth-order valence-electron chi connectivity index (χ4n) is 6.13. The standard InChI is InChI=1S/C31H38BN3.C10H12.C3H6.3C2H6.C2H2/c1-23-20-32(22-31(23,3)4)29-14-10-11-25(19-29)21-34-24(2)35-30(33)28-17-15-27(16-18-28)26-12-8-6-5-7-9-13-26;1-3-9(2)10-7-5-4-6-8-10;1-3-2;4*1-2/h6,8,10-12,14-19,21,23,33H,5,7,9,13,20,22H2,1-4H3;3-8H,1-2H3;3H,1H2,2H3;3*1-2H3;1-2H/b8-6-,26-12+,33-30?,34-21?,35-24?;9-3+;;;;;. The molecular weight excluding hydrogens is 677 g/mol. The molecule has 1 aliphatic heterocycles. The van der Waals surface area contributed by atoms with Crippen molar-refractivity contribution >= 4 is 41.2 Å². The summed E-state index contributed by atoms with van der Waals surface area (Å²) in [5.41, 5.74) is 8.94. The van der Waals surface area contributed by atoms with Gasteiger partial charge in [-0.1, -0.05) is 190 Å². The van der Waals surface area contributed by atoms with Crippen LogP contribution in [0, 0.1) is 29.6 Å². The lowest BCUT2D eigenvalue weighted by Gasteiger charge is -2.23. The van der Waals surface area contributed by atoms with Crippen LogP contribution in [0.25, 0.3) is 11.1 Å². The van der Waals surface area contributed by atoms with Crippen LogP contribution in [-0.2, 0) is 0 Å². The number of aliphatic imine (C=N–C) groups is 2. The van der Waals surface area contributed by atoms with Crippen molar-refractivity contribution in [1.82, 2.24) is 0 Å². The zero-order chi connectivity index (χ0) is 42.9. The third-order valence-electron chi connectivity index (χ3n) is 9.49. The summed E-state index contributed by atoms with van der Waals surface area (Å²) < 4.78 is 0. The van der Waals surface area contributed by atoms with E-state index in [2.05, 4.69) is 149 Å². The Morgan fingerprint density at radius 3 is 2.02 bits per heavy atom. The minimum absolute atomic E-state index is 0.244. The molecular formula is C52H76BN3. The van der Waals surface area contributed by atoms with Gasteiger partial charge in [0.15, 0.2) is 12.5 Å². The summed E-state index contributed by atoms with van der Waals surface area (Å²) in [5, 5.41) is 8.44. The molecule has 1 fully saturated rings. The van der Waals surface area contributed by atoms with Crippen LogP contribution in [0.2, 0.25) is 12.6 Å². The number of benzene rings is 3. The number of hydrogen-bond donors (Lipinski definition) is 1. The summed E-state index contributed by atoms with van der Waals surface area (Å²) in [7, 11) is 0. The molecule has 4 heteroatoms. The zero-order valence-electron chi connectivity index (χ0n) is 37.6. The van der Waals surface area contributed by atoms with Crippen molar-refractivity contribution in [3.05, 3.63) is 138 Å². The van der Waals surface area contributed by atoms with Crippen LogP contribution in [-0.4, -0.2) is 24.6 Å². The Bertz CT molecular complexity index is 1670. The van der Waals surface area contributed by atoms with Crippen molar-refractivity contribution in [2.75, 3.05) is 0 Å². The van der Waals surface area contributed by atoms with Gasteiger partial charge in [-0.2, -0.15) is 0 Å². The van der Waals surface area contributed by atoms with Gasteiger partial charge in [0.25, 0.3) is 0 Å². The van der Waals surface area contributed by atoms with Gasteiger partial charge in [0, 0.05) is 11.8 Å². The Labute approximate surface area is 346 Å². The molecule has 1 saturated heterocycles. The molecule has 3 aromatic rings. The third kappa shape index (κ3) is 20.3. The number of rotatable bonds is 5. The van der Waals surface area contributed by atoms with E-state index in [1.54, 1.807) is 6.08 Å². The van der Waals surface area contributed by atoms with Crippen LogP contribution in [0.15, 0.2) is 126 Å². The molecule has 0 saturated carbocycles.